The Morgan fingerprint density at radius 3 is 2.18 bits per heavy atom. The highest BCUT2D eigenvalue weighted by atomic mass is 19.2. The van der Waals surface area contributed by atoms with Gasteiger partial charge in [0.15, 0.2) is 11.6 Å². The maximum atomic E-state index is 13.9. The Hall–Kier alpha value is -2.94. The molecule has 0 bridgehead atoms. The third-order valence-electron chi connectivity index (χ3n) is 5.75. The van der Waals surface area contributed by atoms with Crippen LogP contribution in [0.25, 0.3) is 0 Å². The summed E-state index contributed by atoms with van der Waals surface area (Å²) in [5, 5.41) is 5.36. The molecule has 3 rings (SSSR count). The molecule has 1 heterocycles. The molecule has 1 aliphatic rings. The average molecular weight is 465 g/mol. The van der Waals surface area contributed by atoms with Crippen LogP contribution in [0, 0.1) is 29.2 Å². The molecule has 0 saturated carbocycles. The summed E-state index contributed by atoms with van der Waals surface area (Å²) in [5.74, 6) is -5.48. The smallest absolute Gasteiger partial charge is 0.257 e. The molecular weight excluding hydrogens is 438 g/mol. The summed E-state index contributed by atoms with van der Waals surface area (Å²) in [4.78, 5) is 27.3. The molecule has 9 heteroatoms. The van der Waals surface area contributed by atoms with Crippen molar-refractivity contribution in [2.45, 2.75) is 45.3 Å². The number of benzene rings is 2. The molecule has 2 aromatic rings. The van der Waals surface area contributed by atoms with E-state index < -0.39 is 46.7 Å². The topological polar surface area (TPSA) is 61.4 Å². The molecule has 1 saturated heterocycles. The molecule has 1 fully saturated rings. The maximum Gasteiger partial charge on any atom is 0.257 e. The quantitative estimate of drug-likeness (QED) is 0.612. The van der Waals surface area contributed by atoms with E-state index in [4.69, 9.17) is 0 Å². The Balaban J connectivity index is 1.54. The van der Waals surface area contributed by atoms with Crippen molar-refractivity contribution in [1.29, 1.82) is 0 Å². The van der Waals surface area contributed by atoms with Gasteiger partial charge in [-0.3, -0.25) is 14.5 Å². The fourth-order valence-electron chi connectivity index (χ4n) is 3.89. The van der Waals surface area contributed by atoms with Crippen LogP contribution in [0.2, 0.25) is 0 Å². The zero-order valence-corrected chi connectivity index (χ0v) is 18.5. The first-order valence-corrected chi connectivity index (χ1v) is 10.9. The van der Waals surface area contributed by atoms with Gasteiger partial charge in [0.1, 0.15) is 23.2 Å². The van der Waals surface area contributed by atoms with E-state index in [0.29, 0.717) is 38.0 Å². The molecule has 2 aromatic carbocycles. The average Bonchev–Trinajstić information content (AvgIpc) is 2.75. The zero-order valence-electron chi connectivity index (χ0n) is 18.5. The van der Waals surface area contributed by atoms with Crippen LogP contribution in [-0.4, -0.2) is 41.9 Å². The van der Waals surface area contributed by atoms with Crippen LogP contribution in [0.5, 0.6) is 0 Å². The number of rotatable bonds is 7. The van der Waals surface area contributed by atoms with Crippen LogP contribution in [0.1, 0.15) is 42.6 Å². The SMILES string of the molecule is CC(C)C(NC(=O)c1c(F)cccc1F)C(=O)NC1CCN(Cc2ccc(F)c(F)c2)CC1. The summed E-state index contributed by atoms with van der Waals surface area (Å²) in [6.45, 7) is 5.21. The first-order valence-electron chi connectivity index (χ1n) is 10.9. The van der Waals surface area contributed by atoms with Gasteiger partial charge in [-0.15, -0.1) is 0 Å². The van der Waals surface area contributed by atoms with Crippen LogP contribution in [0.4, 0.5) is 17.6 Å². The number of hydrogen-bond acceptors (Lipinski definition) is 3. The van der Waals surface area contributed by atoms with Gasteiger partial charge in [0.25, 0.3) is 5.91 Å². The number of hydrogen-bond donors (Lipinski definition) is 2. The van der Waals surface area contributed by atoms with E-state index in [9.17, 15) is 27.2 Å². The molecule has 2 N–H and O–H groups in total. The number of halogens is 4. The first kappa shape index (κ1) is 24.7. The summed E-state index contributed by atoms with van der Waals surface area (Å²) in [6, 6.07) is 5.85. The van der Waals surface area contributed by atoms with Crippen molar-refractivity contribution < 1.29 is 27.2 Å². The Bertz CT molecular complexity index is 987. The van der Waals surface area contributed by atoms with Crippen molar-refractivity contribution in [3.63, 3.8) is 0 Å². The summed E-state index contributed by atoms with van der Waals surface area (Å²) < 4.78 is 54.3. The maximum absolute atomic E-state index is 13.9. The van der Waals surface area contributed by atoms with Gasteiger partial charge in [0.05, 0.1) is 0 Å². The van der Waals surface area contributed by atoms with Crippen LogP contribution < -0.4 is 10.6 Å². The first-order chi connectivity index (χ1) is 15.7. The molecule has 0 aliphatic carbocycles. The van der Waals surface area contributed by atoms with Gasteiger partial charge in [-0.25, -0.2) is 17.6 Å². The molecule has 1 unspecified atom stereocenters. The van der Waals surface area contributed by atoms with Crippen molar-refractivity contribution >= 4 is 11.8 Å². The molecular formula is C24H27F4N3O2. The zero-order chi connectivity index (χ0) is 24.1. The molecule has 0 spiro atoms. The van der Waals surface area contributed by atoms with Gasteiger partial charge >= 0.3 is 0 Å². The molecule has 0 aromatic heterocycles. The minimum atomic E-state index is -0.996. The lowest BCUT2D eigenvalue weighted by molar-refractivity contribution is -0.125. The third-order valence-corrected chi connectivity index (χ3v) is 5.75. The Morgan fingerprint density at radius 1 is 0.970 bits per heavy atom. The molecule has 178 valence electrons. The number of piperidine rings is 1. The van der Waals surface area contributed by atoms with Crippen LogP contribution in [0.3, 0.4) is 0 Å². The summed E-state index contributed by atoms with van der Waals surface area (Å²) in [5.41, 5.74) is -0.0548. The second kappa shape index (κ2) is 10.8. The lowest BCUT2D eigenvalue weighted by Crippen LogP contribution is -2.54. The highest BCUT2D eigenvalue weighted by Gasteiger charge is 2.29. The number of amides is 2. The van der Waals surface area contributed by atoms with E-state index in [1.54, 1.807) is 19.9 Å². The fourth-order valence-corrected chi connectivity index (χ4v) is 3.89. The molecule has 1 aliphatic heterocycles. The Morgan fingerprint density at radius 2 is 1.61 bits per heavy atom. The van der Waals surface area contributed by atoms with Crippen molar-refractivity contribution in [1.82, 2.24) is 15.5 Å². The highest BCUT2D eigenvalue weighted by molar-refractivity contribution is 5.98. The lowest BCUT2D eigenvalue weighted by Gasteiger charge is -2.33. The highest BCUT2D eigenvalue weighted by Crippen LogP contribution is 2.17. The largest absolute Gasteiger partial charge is 0.351 e. The van der Waals surface area contributed by atoms with Gasteiger partial charge in [-0.05, 0) is 48.6 Å². The summed E-state index contributed by atoms with van der Waals surface area (Å²) in [6.07, 6.45) is 1.27. The Kier molecular flexibility index (Phi) is 8.07. The van der Waals surface area contributed by atoms with Crippen molar-refractivity contribution in [3.8, 4) is 0 Å². The van der Waals surface area contributed by atoms with Crippen LogP contribution >= 0.6 is 0 Å². The van der Waals surface area contributed by atoms with Gasteiger partial charge in [-0.2, -0.15) is 0 Å². The standard InChI is InChI=1S/C24H27F4N3O2/c1-14(2)22(30-23(32)21-18(26)4-3-5-19(21)27)24(33)29-16-8-10-31(11-9-16)13-15-6-7-17(25)20(28)12-15/h3-7,12,14,16,22H,8-11,13H2,1-2H3,(H,29,33)(H,30,32). The van der Waals surface area contributed by atoms with Crippen molar-refractivity contribution in [2.24, 2.45) is 5.92 Å². The van der Waals surface area contributed by atoms with E-state index in [0.717, 1.165) is 24.3 Å². The third kappa shape index (κ3) is 6.31. The fraction of sp³-hybridized carbons (Fsp3) is 0.417. The van der Waals surface area contributed by atoms with Crippen molar-refractivity contribution in [3.05, 3.63) is 70.8 Å². The molecule has 33 heavy (non-hydrogen) atoms. The minimum absolute atomic E-state index is 0.137. The minimum Gasteiger partial charge on any atom is -0.351 e. The molecule has 0 radical (unpaired) electrons. The summed E-state index contributed by atoms with van der Waals surface area (Å²) in [7, 11) is 0. The second-order valence-corrected chi connectivity index (χ2v) is 8.60. The van der Waals surface area contributed by atoms with Crippen LogP contribution in [-0.2, 0) is 11.3 Å². The number of likely N-dealkylation sites (tertiary alicyclic amines) is 1. The van der Waals surface area contributed by atoms with E-state index in [1.165, 1.54) is 6.07 Å². The van der Waals surface area contributed by atoms with Gasteiger partial charge in [0.2, 0.25) is 5.91 Å². The van der Waals surface area contributed by atoms with Gasteiger partial charge < -0.3 is 10.6 Å². The number of carbonyl (C=O) groups is 2. The lowest BCUT2D eigenvalue weighted by atomic mass is 9.99. The van der Waals surface area contributed by atoms with Gasteiger partial charge in [-0.1, -0.05) is 26.0 Å². The van der Waals surface area contributed by atoms with Crippen molar-refractivity contribution in [2.75, 3.05) is 13.1 Å². The van der Waals surface area contributed by atoms with E-state index in [-0.39, 0.29) is 12.0 Å². The predicted molar refractivity (Wildman–Crippen MR) is 115 cm³/mol. The van der Waals surface area contributed by atoms with E-state index in [1.807, 2.05) is 0 Å². The predicted octanol–water partition coefficient (Wildman–Crippen LogP) is 3.78. The molecule has 5 nitrogen and oxygen atoms in total. The van der Waals surface area contributed by atoms with E-state index >= 15 is 0 Å². The number of carbonyl (C=O) groups excluding carboxylic acids is 2. The normalized spacial score (nSPS) is 16.0. The molecule has 2 amide bonds. The number of nitrogens with one attached hydrogen (secondary N) is 2. The monoisotopic (exact) mass is 465 g/mol. The summed E-state index contributed by atoms with van der Waals surface area (Å²) >= 11 is 0. The van der Waals surface area contributed by atoms with Crippen LogP contribution in [0.15, 0.2) is 36.4 Å². The van der Waals surface area contributed by atoms with E-state index in [2.05, 4.69) is 15.5 Å². The molecule has 1 atom stereocenters. The second-order valence-electron chi connectivity index (χ2n) is 8.60. The van der Waals surface area contributed by atoms with Gasteiger partial charge in [0, 0.05) is 25.7 Å². The Labute approximate surface area is 190 Å². The number of nitrogens with zero attached hydrogens (tertiary/aromatic N) is 1.